The van der Waals surface area contributed by atoms with Crippen molar-refractivity contribution < 1.29 is 32.2 Å². The van der Waals surface area contributed by atoms with E-state index >= 15 is 0 Å². The van der Waals surface area contributed by atoms with Gasteiger partial charge in [-0.3, -0.25) is 9.20 Å². The number of rotatable bonds is 7. The van der Waals surface area contributed by atoms with Crippen molar-refractivity contribution in [3.05, 3.63) is 101 Å². The molecular weight excluding hydrogens is 497 g/mol. The lowest BCUT2D eigenvalue weighted by molar-refractivity contribution is -0.269. The minimum Gasteiger partial charge on any atom is -0.485 e. The van der Waals surface area contributed by atoms with Gasteiger partial charge in [0.05, 0.1) is 24.5 Å². The number of nitrogens with zero attached hydrogens (tertiary/aromatic N) is 2. The van der Waals surface area contributed by atoms with E-state index in [4.69, 9.17) is 14.2 Å². The van der Waals surface area contributed by atoms with E-state index in [1.807, 2.05) is 0 Å². The van der Waals surface area contributed by atoms with Crippen LogP contribution >= 0.6 is 0 Å². The first-order chi connectivity index (χ1) is 18.1. The standard InChI is InChI=1S/C29H27F3N2O4/c1-18-26(24(35)14-29(16-37-28(2,3)38-17-29)19-9-11-20(30)12-10-19)34-13-5-8-25(27(34)33-18)36-15-21-22(31)6-4-7-23(21)32/h4-13H,14-17H2,1-3H3. The van der Waals surface area contributed by atoms with Crippen molar-refractivity contribution in [3.63, 3.8) is 0 Å². The van der Waals surface area contributed by atoms with E-state index in [-0.39, 0.29) is 49.2 Å². The number of Topliss-reactive ketones (excluding diaryl/α,β-unsaturated/α-hetero) is 1. The Bertz CT molecular complexity index is 1470. The van der Waals surface area contributed by atoms with Gasteiger partial charge in [0, 0.05) is 18.0 Å². The maximum Gasteiger partial charge on any atom is 0.182 e. The van der Waals surface area contributed by atoms with Gasteiger partial charge in [-0.25, -0.2) is 18.2 Å². The minimum absolute atomic E-state index is 0.0227. The van der Waals surface area contributed by atoms with Crippen molar-refractivity contribution in [1.82, 2.24) is 9.38 Å². The summed E-state index contributed by atoms with van der Waals surface area (Å²) < 4.78 is 61.1. The van der Waals surface area contributed by atoms with E-state index < -0.39 is 22.8 Å². The molecule has 0 radical (unpaired) electrons. The number of hydrogen-bond donors (Lipinski definition) is 0. The summed E-state index contributed by atoms with van der Waals surface area (Å²) in [6, 6.07) is 12.9. The summed E-state index contributed by atoms with van der Waals surface area (Å²) in [5.74, 6) is -2.55. The highest BCUT2D eigenvalue weighted by Gasteiger charge is 2.43. The van der Waals surface area contributed by atoms with Crippen LogP contribution in [0.2, 0.25) is 0 Å². The van der Waals surface area contributed by atoms with Gasteiger partial charge in [0.1, 0.15) is 29.8 Å². The van der Waals surface area contributed by atoms with Gasteiger partial charge in [0.25, 0.3) is 0 Å². The van der Waals surface area contributed by atoms with E-state index in [0.717, 1.165) is 17.7 Å². The van der Waals surface area contributed by atoms with Gasteiger partial charge in [-0.1, -0.05) is 18.2 Å². The van der Waals surface area contributed by atoms with Gasteiger partial charge in [-0.2, -0.15) is 0 Å². The van der Waals surface area contributed by atoms with Gasteiger partial charge in [-0.15, -0.1) is 0 Å². The first-order valence-electron chi connectivity index (χ1n) is 12.2. The molecule has 1 saturated heterocycles. The normalized spacial score (nSPS) is 16.5. The SMILES string of the molecule is Cc1nc2c(OCc3c(F)cccc3F)cccn2c1C(=O)CC1(c2ccc(F)cc2)COC(C)(C)OC1. The third-order valence-corrected chi connectivity index (χ3v) is 6.83. The Labute approximate surface area is 218 Å². The second kappa shape index (κ2) is 9.89. The van der Waals surface area contributed by atoms with Gasteiger partial charge in [0.15, 0.2) is 23.0 Å². The van der Waals surface area contributed by atoms with Crippen molar-refractivity contribution in [3.8, 4) is 5.75 Å². The fourth-order valence-corrected chi connectivity index (χ4v) is 4.70. The summed E-state index contributed by atoms with van der Waals surface area (Å²) in [6.45, 7) is 5.37. The lowest BCUT2D eigenvalue weighted by atomic mass is 9.76. The molecule has 3 heterocycles. The van der Waals surface area contributed by atoms with Crippen LogP contribution in [-0.4, -0.2) is 34.2 Å². The van der Waals surface area contributed by atoms with Crippen LogP contribution in [0, 0.1) is 24.4 Å². The molecule has 38 heavy (non-hydrogen) atoms. The molecule has 2 aromatic carbocycles. The zero-order chi connectivity index (χ0) is 27.1. The molecular formula is C29H27F3N2O4. The number of aromatic nitrogens is 2. The predicted octanol–water partition coefficient (Wildman–Crippen LogP) is 5.93. The molecule has 2 aromatic heterocycles. The largest absolute Gasteiger partial charge is 0.485 e. The van der Waals surface area contributed by atoms with Crippen LogP contribution in [-0.2, 0) is 21.5 Å². The van der Waals surface area contributed by atoms with E-state index in [9.17, 15) is 18.0 Å². The first kappa shape index (κ1) is 25.9. The number of halogens is 3. The zero-order valence-corrected chi connectivity index (χ0v) is 21.3. The van der Waals surface area contributed by atoms with E-state index in [1.54, 1.807) is 55.6 Å². The Kier molecular flexibility index (Phi) is 6.75. The molecule has 4 aromatic rings. The molecule has 5 rings (SSSR count). The fourth-order valence-electron chi connectivity index (χ4n) is 4.70. The van der Waals surface area contributed by atoms with Gasteiger partial charge < -0.3 is 14.2 Å². The Morgan fingerprint density at radius 3 is 2.32 bits per heavy atom. The van der Waals surface area contributed by atoms with E-state index in [0.29, 0.717) is 17.0 Å². The Balaban J connectivity index is 1.46. The summed E-state index contributed by atoms with van der Waals surface area (Å²) in [5, 5.41) is 0. The zero-order valence-electron chi connectivity index (χ0n) is 21.3. The molecule has 0 saturated carbocycles. The number of hydrogen-bond acceptors (Lipinski definition) is 5. The monoisotopic (exact) mass is 524 g/mol. The molecule has 6 nitrogen and oxygen atoms in total. The predicted molar refractivity (Wildman–Crippen MR) is 134 cm³/mol. The molecule has 1 aliphatic heterocycles. The Morgan fingerprint density at radius 1 is 1.00 bits per heavy atom. The average molecular weight is 525 g/mol. The molecule has 0 atom stereocenters. The van der Waals surface area contributed by atoms with E-state index in [2.05, 4.69) is 4.98 Å². The summed E-state index contributed by atoms with van der Waals surface area (Å²) >= 11 is 0. The number of imidazole rings is 1. The van der Waals surface area contributed by atoms with Gasteiger partial charge in [-0.05, 0) is 62.7 Å². The summed E-state index contributed by atoms with van der Waals surface area (Å²) in [6.07, 6.45) is 1.70. The number of benzene rings is 2. The van der Waals surface area contributed by atoms with Crippen LogP contribution in [0.4, 0.5) is 13.2 Å². The summed E-state index contributed by atoms with van der Waals surface area (Å²) in [5.41, 5.74) is 0.844. The van der Waals surface area contributed by atoms with Gasteiger partial charge in [0.2, 0.25) is 0 Å². The second-order valence-electron chi connectivity index (χ2n) is 9.97. The first-order valence-corrected chi connectivity index (χ1v) is 12.2. The minimum atomic E-state index is -0.840. The van der Waals surface area contributed by atoms with Gasteiger partial charge >= 0.3 is 0 Å². The van der Waals surface area contributed by atoms with Crippen molar-refractivity contribution in [1.29, 1.82) is 0 Å². The molecule has 198 valence electrons. The number of carbonyl (C=O) groups is 1. The number of aryl methyl sites for hydroxylation is 1. The van der Waals surface area contributed by atoms with Crippen LogP contribution in [0.3, 0.4) is 0 Å². The smallest absolute Gasteiger partial charge is 0.182 e. The van der Waals surface area contributed by atoms with Crippen LogP contribution < -0.4 is 4.74 Å². The maximum atomic E-state index is 14.1. The van der Waals surface area contributed by atoms with Crippen LogP contribution in [0.5, 0.6) is 5.75 Å². The number of fused-ring (bicyclic) bond motifs is 1. The lowest BCUT2D eigenvalue weighted by Gasteiger charge is -2.43. The second-order valence-corrected chi connectivity index (χ2v) is 9.97. The van der Waals surface area contributed by atoms with Crippen molar-refractivity contribution in [2.24, 2.45) is 0 Å². The lowest BCUT2D eigenvalue weighted by Crippen LogP contribution is -2.50. The third-order valence-electron chi connectivity index (χ3n) is 6.83. The van der Waals surface area contributed by atoms with Crippen molar-refractivity contribution >= 4 is 11.4 Å². The van der Waals surface area contributed by atoms with Crippen LogP contribution in [0.1, 0.15) is 47.6 Å². The Morgan fingerprint density at radius 2 is 1.66 bits per heavy atom. The number of ether oxygens (including phenoxy) is 3. The third kappa shape index (κ3) is 4.91. The fraction of sp³-hybridized carbons (Fsp3) is 0.310. The van der Waals surface area contributed by atoms with Crippen LogP contribution in [0.15, 0.2) is 60.8 Å². The molecule has 0 spiro atoms. The van der Waals surface area contributed by atoms with E-state index in [1.165, 1.54) is 18.2 Å². The molecule has 1 fully saturated rings. The molecule has 0 N–H and O–H groups in total. The summed E-state index contributed by atoms with van der Waals surface area (Å²) in [7, 11) is 0. The number of carbonyl (C=O) groups excluding carboxylic acids is 1. The molecule has 0 aliphatic carbocycles. The Hall–Kier alpha value is -3.69. The van der Waals surface area contributed by atoms with Crippen molar-refractivity contribution in [2.75, 3.05) is 13.2 Å². The average Bonchev–Trinajstić information content (AvgIpc) is 3.22. The highest BCUT2D eigenvalue weighted by molar-refractivity contribution is 5.97. The molecule has 0 unspecified atom stereocenters. The highest BCUT2D eigenvalue weighted by atomic mass is 19.1. The number of pyridine rings is 1. The van der Waals surface area contributed by atoms with Crippen LogP contribution in [0.25, 0.3) is 5.65 Å². The topological polar surface area (TPSA) is 62.1 Å². The van der Waals surface area contributed by atoms with Crippen molar-refractivity contribution in [2.45, 2.75) is 45.0 Å². The molecule has 0 amide bonds. The number of ketones is 1. The molecule has 0 bridgehead atoms. The summed E-state index contributed by atoms with van der Waals surface area (Å²) in [4.78, 5) is 18.3. The molecule has 1 aliphatic rings. The maximum absolute atomic E-state index is 14.1. The highest BCUT2D eigenvalue weighted by Crippen LogP contribution is 2.38. The quantitative estimate of drug-likeness (QED) is 0.281. The molecule has 9 heteroatoms.